The van der Waals surface area contributed by atoms with E-state index in [9.17, 15) is 9.59 Å². The van der Waals surface area contributed by atoms with Crippen LogP contribution >= 0.6 is 0 Å². The average molecular weight is 380 g/mol. The van der Waals surface area contributed by atoms with Crippen LogP contribution in [0.1, 0.15) is 67.7 Å². The van der Waals surface area contributed by atoms with Gasteiger partial charge in [0.05, 0.1) is 0 Å². The molecule has 1 aromatic carbocycles. The zero-order valence-electron chi connectivity index (χ0n) is 16.3. The van der Waals surface area contributed by atoms with Gasteiger partial charge in [0.1, 0.15) is 12.6 Å². The van der Waals surface area contributed by atoms with Gasteiger partial charge in [-0.2, -0.15) is 0 Å². The van der Waals surface area contributed by atoms with Crippen LogP contribution in [-0.4, -0.2) is 26.5 Å². The van der Waals surface area contributed by atoms with Gasteiger partial charge in [0.15, 0.2) is 5.78 Å². The molecule has 1 saturated carbocycles. The van der Waals surface area contributed by atoms with Crippen LogP contribution in [-0.2, 0) is 11.3 Å². The number of nitrogens with zero attached hydrogens (tertiary/aromatic N) is 3. The maximum atomic E-state index is 12.6. The number of nitrogens with one attached hydrogen (secondary N) is 1. The lowest BCUT2D eigenvalue weighted by molar-refractivity contribution is -0.122. The molecule has 0 aliphatic heterocycles. The third-order valence-corrected chi connectivity index (χ3v) is 5.01. The standard InChI is InChI=1S/C21H24N4O3/c1-12(2)20-23-24-21(28-20)13(3)22-18(26)11-25-10-16(19(27)14-8-9-14)15-6-4-5-7-17(15)25/h4-7,10,12-14H,8-9,11H2,1-3H3,(H,22,26)/t13-/m1/s1. The van der Waals surface area contributed by atoms with E-state index >= 15 is 0 Å². The predicted octanol–water partition coefficient (Wildman–Crippen LogP) is 3.62. The molecule has 0 radical (unpaired) electrons. The lowest BCUT2D eigenvalue weighted by Gasteiger charge is -2.11. The monoisotopic (exact) mass is 380 g/mol. The normalized spacial score (nSPS) is 15.1. The van der Waals surface area contributed by atoms with E-state index in [1.54, 1.807) is 6.20 Å². The van der Waals surface area contributed by atoms with Gasteiger partial charge in [0.25, 0.3) is 0 Å². The number of hydrogen-bond donors (Lipinski definition) is 1. The van der Waals surface area contributed by atoms with E-state index in [1.807, 2.05) is 49.6 Å². The van der Waals surface area contributed by atoms with Crippen LogP contribution in [0.4, 0.5) is 0 Å². The Labute approximate surface area is 163 Å². The molecule has 0 saturated heterocycles. The number of amides is 1. The molecule has 7 nitrogen and oxygen atoms in total. The van der Waals surface area contributed by atoms with Crippen molar-refractivity contribution in [1.29, 1.82) is 0 Å². The van der Waals surface area contributed by atoms with Crippen molar-refractivity contribution in [2.75, 3.05) is 0 Å². The summed E-state index contributed by atoms with van der Waals surface area (Å²) >= 11 is 0. The van der Waals surface area contributed by atoms with E-state index in [0.717, 1.165) is 23.7 Å². The zero-order chi connectivity index (χ0) is 19.8. The highest BCUT2D eigenvalue weighted by Gasteiger charge is 2.32. The first-order valence-corrected chi connectivity index (χ1v) is 9.68. The van der Waals surface area contributed by atoms with Gasteiger partial charge in [-0.25, -0.2) is 0 Å². The molecule has 1 atom stereocenters. The van der Waals surface area contributed by atoms with Crippen molar-refractivity contribution in [3.63, 3.8) is 0 Å². The Morgan fingerprint density at radius 1 is 1.18 bits per heavy atom. The van der Waals surface area contributed by atoms with Gasteiger partial charge in [-0.1, -0.05) is 32.0 Å². The Morgan fingerprint density at radius 2 is 1.89 bits per heavy atom. The van der Waals surface area contributed by atoms with Gasteiger partial charge < -0.3 is 14.3 Å². The van der Waals surface area contributed by atoms with Crippen molar-refractivity contribution in [3.8, 4) is 0 Å². The van der Waals surface area contributed by atoms with Crippen LogP contribution in [0.2, 0.25) is 0 Å². The van der Waals surface area contributed by atoms with Crippen molar-refractivity contribution in [2.45, 2.75) is 52.1 Å². The summed E-state index contributed by atoms with van der Waals surface area (Å²) in [5.41, 5.74) is 1.59. The summed E-state index contributed by atoms with van der Waals surface area (Å²) in [5, 5.41) is 11.8. The minimum Gasteiger partial charge on any atom is -0.423 e. The van der Waals surface area contributed by atoms with Crippen molar-refractivity contribution in [3.05, 3.63) is 47.8 Å². The Bertz CT molecular complexity index is 1030. The molecule has 7 heteroatoms. The lowest BCUT2D eigenvalue weighted by atomic mass is 10.1. The van der Waals surface area contributed by atoms with Gasteiger partial charge >= 0.3 is 0 Å². The lowest BCUT2D eigenvalue weighted by Crippen LogP contribution is -2.30. The molecule has 28 heavy (non-hydrogen) atoms. The quantitative estimate of drug-likeness (QED) is 0.632. The van der Waals surface area contributed by atoms with E-state index in [4.69, 9.17) is 4.42 Å². The van der Waals surface area contributed by atoms with Crippen molar-refractivity contribution in [2.24, 2.45) is 5.92 Å². The Balaban J connectivity index is 1.51. The highest BCUT2D eigenvalue weighted by Crippen LogP contribution is 2.35. The van der Waals surface area contributed by atoms with Gasteiger partial charge in [-0.15, -0.1) is 10.2 Å². The number of benzene rings is 1. The number of aromatic nitrogens is 3. The number of rotatable bonds is 7. The molecule has 1 aliphatic carbocycles. The van der Waals surface area contributed by atoms with Gasteiger partial charge in [0, 0.05) is 34.5 Å². The second-order valence-corrected chi connectivity index (χ2v) is 7.75. The molecule has 3 aromatic rings. The highest BCUT2D eigenvalue weighted by molar-refractivity contribution is 6.10. The van der Waals surface area contributed by atoms with E-state index in [0.29, 0.717) is 17.3 Å². The molecular formula is C21H24N4O3. The average Bonchev–Trinajstić information content (AvgIpc) is 3.28. The number of fused-ring (bicyclic) bond motifs is 1. The van der Waals surface area contributed by atoms with Crippen LogP contribution in [0.25, 0.3) is 10.9 Å². The molecule has 0 unspecified atom stereocenters. The molecule has 1 amide bonds. The summed E-state index contributed by atoms with van der Waals surface area (Å²) in [6.07, 6.45) is 3.72. The minimum atomic E-state index is -0.387. The SMILES string of the molecule is CC(C)c1nnc([C@@H](C)NC(=O)Cn2cc(C(=O)C3CC3)c3ccccc32)o1. The molecule has 146 valence electrons. The number of hydrogen-bond acceptors (Lipinski definition) is 5. The van der Waals surface area contributed by atoms with Gasteiger partial charge in [-0.05, 0) is 25.8 Å². The largest absolute Gasteiger partial charge is 0.423 e. The first-order valence-electron chi connectivity index (χ1n) is 9.68. The molecule has 0 bridgehead atoms. The molecule has 0 spiro atoms. The molecule has 2 heterocycles. The summed E-state index contributed by atoms with van der Waals surface area (Å²) in [6.45, 7) is 5.87. The third kappa shape index (κ3) is 3.56. The summed E-state index contributed by atoms with van der Waals surface area (Å²) in [5.74, 6) is 1.21. The van der Waals surface area contributed by atoms with E-state index in [2.05, 4.69) is 15.5 Å². The van der Waals surface area contributed by atoms with E-state index < -0.39 is 0 Å². The second kappa shape index (κ2) is 7.22. The first kappa shape index (κ1) is 18.4. The summed E-state index contributed by atoms with van der Waals surface area (Å²) in [4.78, 5) is 25.2. The maximum Gasteiger partial charge on any atom is 0.240 e. The van der Waals surface area contributed by atoms with Crippen molar-refractivity contribution < 1.29 is 14.0 Å². The van der Waals surface area contributed by atoms with E-state index in [1.165, 1.54) is 0 Å². The molecule has 4 rings (SSSR count). The number of para-hydroxylation sites is 1. The Hall–Kier alpha value is -2.96. The highest BCUT2D eigenvalue weighted by atomic mass is 16.4. The van der Waals surface area contributed by atoms with Crippen LogP contribution in [0.3, 0.4) is 0 Å². The summed E-state index contributed by atoms with van der Waals surface area (Å²) in [6, 6.07) is 7.31. The summed E-state index contributed by atoms with van der Waals surface area (Å²) in [7, 11) is 0. The van der Waals surface area contributed by atoms with Crippen LogP contribution in [0, 0.1) is 5.92 Å². The smallest absolute Gasteiger partial charge is 0.240 e. The molecule has 1 N–H and O–H groups in total. The second-order valence-electron chi connectivity index (χ2n) is 7.75. The van der Waals surface area contributed by atoms with Crippen molar-refractivity contribution >= 4 is 22.6 Å². The van der Waals surface area contributed by atoms with E-state index in [-0.39, 0.29) is 36.1 Å². The maximum absolute atomic E-state index is 12.6. The van der Waals surface area contributed by atoms with Crippen molar-refractivity contribution in [1.82, 2.24) is 20.1 Å². The number of ketones is 1. The fraction of sp³-hybridized carbons (Fsp3) is 0.429. The fourth-order valence-corrected chi connectivity index (χ4v) is 3.30. The van der Waals surface area contributed by atoms with Gasteiger partial charge in [-0.3, -0.25) is 9.59 Å². The minimum absolute atomic E-state index is 0.119. The molecule has 1 aliphatic rings. The number of Topliss-reactive ketones (excluding diaryl/α,β-unsaturated/α-hetero) is 1. The first-order chi connectivity index (χ1) is 13.4. The zero-order valence-corrected chi connectivity index (χ0v) is 16.3. The number of carbonyl (C=O) groups is 2. The fourth-order valence-electron chi connectivity index (χ4n) is 3.30. The Morgan fingerprint density at radius 3 is 2.57 bits per heavy atom. The Kier molecular flexibility index (Phi) is 4.75. The third-order valence-electron chi connectivity index (χ3n) is 5.01. The topological polar surface area (TPSA) is 90.0 Å². The van der Waals surface area contributed by atoms with Gasteiger partial charge in [0.2, 0.25) is 17.7 Å². The summed E-state index contributed by atoms with van der Waals surface area (Å²) < 4.78 is 7.44. The molecular weight excluding hydrogens is 356 g/mol. The van der Waals surface area contributed by atoms with Crippen LogP contribution < -0.4 is 5.32 Å². The van der Waals surface area contributed by atoms with Crippen LogP contribution in [0.5, 0.6) is 0 Å². The molecule has 2 aromatic heterocycles. The molecule has 1 fully saturated rings. The van der Waals surface area contributed by atoms with Crippen LogP contribution in [0.15, 0.2) is 34.9 Å². The predicted molar refractivity (Wildman–Crippen MR) is 104 cm³/mol. The number of carbonyl (C=O) groups excluding carboxylic acids is 2.